The highest BCUT2D eigenvalue weighted by Crippen LogP contribution is 2.22. The Morgan fingerprint density at radius 3 is 2.33 bits per heavy atom. The van der Waals surface area contributed by atoms with E-state index in [0.717, 1.165) is 25.9 Å². The highest BCUT2D eigenvalue weighted by atomic mass is 16.5. The van der Waals surface area contributed by atoms with E-state index in [1.54, 1.807) is 29.2 Å². The second kappa shape index (κ2) is 9.04. The fraction of sp³-hybridized carbons (Fsp3) is 0.450. The van der Waals surface area contributed by atoms with Crippen LogP contribution in [0.4, 0.5) is 17.5 Å². The molecule has 2 aliphatic heterocycles. The number of benzene rings is 1. The Hall–Kier alpha value is -3.27. The van der Waals surface area contributed by atoms with Crippen LogP contribution in [0.3, 0.4) is 0 Å². The van der Waals surface area contributed by atoms with E-state index < -0.39 is 5.91 Å². The number of rotatable bonds is 5. The summed E-state index contributed by atoms with van der Waals surface area (Å²) >= 11 is 0. The van der Waals surface area contributed by atoms with Gasteiger partial charge in [-0.1, -0.05) is 0 Å². The van der Waals surface area contributed by atoms with Crippen molar-refractivity contribution in [1.82, 2.24) is 20.1 Å². The van der Waals surface area contributed by atoms with Crippen LogP contribution in [0.15, 0.2) is 24.3 Å². The number of nitrogens with zero attached hydrogens (tertiary/aromatic N) is 5. The third kappa shape index (κ3) is 4.48. The van der Waals surface area contributed by atoms with Crippen molar-refractivity contribution in [2.75, 3.05) is 49.6 Å². The number of anilines is 3. The van der Waals surface area contributed by atoms with Crippen LogP contribution in [0.25, 0.3) is 0 Å². The number of morpholine rings is 1. The molecule has 158 valence electrons. The summed E-state index contributed by atoms with van der Waals surface area (Å²) in [6, 6.07) is 7.01. The fourth-order valence-corrected chi connectivity index (χ4v) is 3.58. The molecule has 2 aliphatic rings. The molecule has 4 rings (SSSR count). The van der Waals surface area contributed by atoms with Gasteiger partial charge in [-0.15, -0.1) is 10.2 Å². The molecule has 0 saturated carbocycles. The molecule has 0 bridgehead atoms. The molecular formula is C20H25N7O3. The molecule has 0 spiro atoms. The molecule has 10 nitrogen and oxygen atoms in total. The van der Waals surface area contributed by atoms with Gasteiger partial charge in [-0.2, -0.15) is 4.98 Å². The fourth-order valence-electron chi connectivity index (χ4n) is 3.58. The maximum Gasteiger partial charge on any atom is 0.273 e. The van der Waals surface area contributed by atoms with Gasteiger partial charge < -0.3 is 25.6 Å². The number of nitrogens with two attached hydrogens (primary N) is 1. The Kier molecular flexibility index (Phi) is 6.03. The summed E-state index contributed by atoms with van der Waals surface area (Å²) in [7, 11) is 0. The van der Waals surface area contributed by atoms with Crippen molar-refractivity contribution in [3.8, 4) is 0 Å². The number of piperidine rings is 1. The second-order valence-corrected chi connectivity index (χ2v) is 7.33. The van der Waals surface area contributed by atoms with Gasteiger partial charge in [0.1, 0.15) is 0 Å². The van der Waals surface area contributed by atoms with Crippen LogP contribution in [0, 0.1) is 0 Å². The van der Waals surface area contributed by atoms with Crippen molar-refractivity contribution in [3.63, 3.8) is 0 Å². The predicted molar refractivity (Wildman–Crippen MR) is 111 cm³/mol. The molecule has 3 heterocycles. The van der Waals surface area contributed by atoms with Crippen LogP contribution in [0.1, 0.15) is 40.1 Å². The lowest BCUT2D eigenvalue weighted by Gasteiger charge is -2.27. The Morgan fingerprint density at radius 1 is 0.967 bits per heavy atom. The highest BCUT2D eigenvalue weighted by Gasteiger charge is 2.21. The first-order valence-corrected chi connectivity index (χ1v) is 10.2. The van der Waals surface area contributed by atoms with Crippen molar-refractivity contribution in [2.24, 2.45) is 5.73 Å². The van der Waals surface area contributed by atoms with Gasteiger partial charge in [-0.05, 0) is 43.5 Å². The number of carbonyl (C=O) groups excluding carboxylic acids is 2. The van der Waals surface area contributed by atoms with Crippen LogP contribution in [-0.4, -0.2) is 71.3 Å². The summed E-state index contributed by atoms with van der Waals surface area (Å²) in [5, 5.41) is 11.2. The SMILES string of the molecule is NC(=O)c1nnc(N2CCCCC2)nc1Nc1ccc(C(=O)N2CCOCC2)cc1. The van der Waals surface area contributed by atoms with E-state index in [1.165, 1.54) is 6.42 Å². The Bertz CT molecular complexity index is 907. The molecular weight excluding hydrogens is 386 g/mol. The van der Waals surface area contributed by atoms with Crippen molar-refractivity contribution >= 4 is 29.3 Å². The molecule has 2 amide bonds. The van der Waals surface area contributed by atoms with Gasteiger partial charge in [0.25, 0.3) is 11.8 Å². The lowest BCUT2D eigenvalue weighted by atomic mass is 10.1. The van der Waals surface area contributed by atoms with Crippen molar-refractivity contribution in [1.29, 1.82) is 0 Å². The van der Waals surface area contributed by atoms with Crippen LogP contribution >= 0.6 is 0 Å². The van der Waals surface area contributed by atoms with Crippen molar-refractivity contribution < 1.29 is 14.3 Å². The quantitative estimate of drug-likeness (QED) is 0.751. The monoisotopic (exact) mass is 411 g/mol. The van der Waals surface area contributed by atoms with Crippen LogP contribution in [0.5, 0.6) is 0 Å². The Morgan fingerprint density at radius 2 is 1.67 bits per heavy atom. The first-order valence-electron chi connectivity index (χ1n) is 10.2. The summed E-state index contributed by atoms with van der Waals surface area (Å²) in [5.41, 5.74) is 6.68. The number of amides is 2. The molecule has 2 aromatic rings. The molecule has 0 atom stereocenters. The number of ether oxygens (including phenoxy) is 1. The first kappa shape index (κ1) is 20.0. The summed E-state index contributed by atoms with van der Waals surface area (Å²) in [4.78, 5) is 32.7. The second-order valence-electron chi connectivity index (χ2n) is 7.33. The maximum atomic E-state index is 12.6. The highest BCUT2D eigenvalue weighted by molar-refractivity contribution is 5.97. The van der Waals surface area contributed by atoms with Gasteiger partial charge in [0, 0.05) is 37.4 Å². The van der Waals surface area contributed by atoms with E-state index in [2.05, 4.69) is 25.4 Å². The van der Waals surface area contributed by atoms with E-state index in [9.17, 15) is 9.59 Å². The van der Waals surface area contributed by atoms with Gasteiger partial charge in [0.2, 0.25) is 5.95 Å². The Balaban J connectivity index is 1.52. The van der Waals surface area contributed by atoms with E-state index >= 15 is 0 Å². The molecule has 2 fully saturated rings. The van der Waals surface area contributed by atoms with Crippen LogP contribution in [0.2, 0.25) is 0 Å². The predicted octanol–water partition coefficient (Wildman–Crippen LogP) is 1.18. The standard InChI is InChI=1S/C20H25N7O3/c21-17(28)16-18(23-20(25-24-16)27-8-2-1-3-9-27)22-15-6-4-14(5-7-15)19(29)26-10-12-30-13-11-26/h4-7H,1-3,8-13H2,(H2,21,28)(H,22,23,25). The number of hydrogen-bond donors (Lipinski definition) is 2. The van der Waals surface area contributed by atoms with E-state index in [0.29, 0.717) is 43.5 Å². The zero-order valence-corrected chi connectivity index (χ0v) is 16.7. The third-order valence-corrected chi connectivity index (χ3v) is 5.24. The lowest BCUT2D eigenvalue weighted by molar-refractivity contribution is 0.0303. The molecule has 2 saturated heterocycles. The summed E-state index contributed by atoms with van der Waals surface area (Å²) in [6.07, 6.45) is 3.33. The summed E-state index contributed by atoms with van der Waals surface area (Å²) in [5.74, 6) is -0.00721. The largest absolute Gasteiger partial charge is 0.378 e. The molecule has 0 unspecified atom stereocenters. The average molecular weight is 411 g/mol. The van der Waals surface area contributed by atoms with Gasteiger partial charge in [0.15, 0.2) is 11.5 Å². The number of carbonyl (C=O) groups is 2. The van der Waals surface area contributed by atoms with E-state index in [4.69, 9.17) is 10.5 Å². The van der Waals surface area contributed by atoms with Crippen LogP contribution in [-0.2, 0) is 4.74 Å². The lowest BCUT2D eigenvalue weighted by Crippen LogP contribution is -2.40. The zero-order valence-electron chi connectivity index (χ0n) is 16.7. The molecule has 1 aromatic heterocycles. The average Bonchev–Trinajstić information content (AvgIpc) is 2.80. The van der Waals surface area contributed by atoms with Gasteiger partial charge in [0.05, 0.1) is 13.2 Å². The number of nitrogens with one attached hydrogen (secondary N) is 1. The van der Waals surface area contributed by atoms with E-state index in [-0.39, 0.29) is 17.4 Å². The van der Waals surface area contributed by atoms with Gasteiger partial charge in [-0.25, -0.2) is 0 Å². The minimum absolute atomic E-state index is 0.0239. The summed E-state index contributed by atoms with van der Waals surface area (Å²) in [6.45, 7) is 4.01. The molecule has 10 heteroatoms. The summed E-state index contributed by atoms with van der Waals surface area (Å²) < 4.78 is 5.29. The molecule has 30 heavy (non-hydrogen) atoms. The zero-order chi connectivity index (χ0) is 20.9. The Labute approximate surface area is 174 Å². The first-order chi connectivity index (χ1) is 14.6. The minimum atomic E-state index is -0.707. The van der Waals surface area contributed by atoms with Crippen molar-refractivity contribution in [3.05, 3.63) is 35.5 Å². The molecule has 1 aromatic carbocycles. The smallest absolute Gasteiger partial charge is 0.273 e. The number of aromatic nitrogens is 3. The number of hydrogen-bond acceptors (Lipinski definition) is 8. The van der Waals surface area contributed by atoms with E-state index in [1.807, 2.05) is 0 Å². The topological polar surface area (TPSA) is 127 Å². The molecule has 3 N–H and O–H groups in total. The van der Waals surface area contributed by atoms with Gasteiger partial charge >= 0.3 is 0 Å². The molecule has 0 aliphatic carbocycles. The van der Waals surface area contributed by atoms with Crippen LogP contribution < -0.4 is 16.0 Å². The molecule has 0 radical (unpaired) electrons. The minimum Gasteiger partial charge on any atom is -0.378 e. The normalized spacial score (nSPS) is 16.9. The maximum absolute atomic E-state index is 12.6. The number of primary amides is 1. The van der Waals surface area contributed by atoms with Gasteiger partial charge in [-0.3, -0.25) is 9.59 Å². The van der Waals surface area contributed by atoms with Crippen molar-refractivity contribution in [2.45, 2.75) is 19.3 Å². The third-order valence-electron chi connectivity index (χ3n) is 5.24.